The summed E-state index contributed by atoms with van der Waals surface area (Å²) in [6, 6.07) is 17.1. The Morgan fingerprint density at radius 3 is 2.10 bits per heavy atom. The highest BCUT2D eigenvalue weighted by Crippen LogP contribution is 2.47. The van der Waals surface area contributed by atoms with Crippen LogP contribution in [0.25, 0.3) is 0 Å². The molecule has 0 bridgehead atoms. The Labute approximate surface area is 124 Å². The average molecular weight is 308 g/mol. The normalized spacial score (nSPS) is 13.5. The third-order valence-electron chi connectivity index (χ3n) is 2.66. The first-order chi connectivity index (χ1) is 9.68. The molecule has 106 valence electrons. The van der Waals surface area contributed by atoms with Gasteiger partial charge in [0, 0.05) is 5.30 Å². The van der Waals surface area contributed by atoms with Crippen LogP contribution >= 0.6 is 6.49 Å². The van der Waals surface area contributed by atoms with Gasteiger partial charge in [0.2, 0.25) is 0 Å². The van der Waals surface area contributed by atoms with E-state index in [-0.39, 0.29) is 0 Å². The SMILES string of the molecule is CCOP(=S)(Oc1ccc(OC)cc1)c1ccccc1. The molecule has 1 unspecified atom stereocenters. The monoisotopic (exact) mass is 308 g/mol. The van der Waals surface area contributed by atoms with Gasteiger partial charge < -0.3 is 13.8 Å². The summed E-state index contributed by atoms with van der Waals surface area (Å²) in [5.41, 5.74) is 0. The number of ether oxygens (including phenoxy) is 1. The van der Waals surface area contributed by atoms with Crippen LogP contribution in [0.2, 0.25) is 0 Å². The van der Waals surface area contributed by atoms with E-state index in [0.717, 1.165) is 11.1 Å². The first kappa shape index (κ1) is 15.0. The van der Waals surface area contributed by atoms with Crippen LogP contribution < -0.4 is 14.6 Å². The first-order valence-electron chi connectivity index (χ1n) is 6.32. The van der Waals surface area contributed by atoms with Gasteiger partial charge in [0.15, 0.2) is 0 Å². The molecular weight excluding hydrogens is 291 g/mol. The molecule has 0 fully saturated rings. The molecule has 0 aliphatic carbocycles. The molecule has 0 N–H and O–H groups in total. The predicted octanol–water partition coefficient (Wildman–Crippen LogP) is 3.75. The van der Waals surface area contributed by atoms with Crippen molar-refractivity contribution in [1.82, 2.24) is 0 Å². The first-order valence-corrected chi connectivity index (χ1v) is 8.95. The lowest BCUT2D eigenvalue weighted by Gasteiger charge is -2.22. The molecule has 20 heavy (non-hydrogen) atoms. The topological polar surface area (TPSA) is 27.7 Å². The molecule has 0 aliphatic heterocycles. The van der Waals surface area contributed by atoms with E-state index in [2.05, 4.69) is 0 Å². The highest BCUT2D eigenvalue weighted by Gasteiger charge is 2.22. The Morgan fingerprint density at radius 2 is 1.55 bits per heavy atom. The van der Waals surface area contributed by atoms with Crippen molar-refractivity contribution in [2.45, 2.75) is 6.92 Å². The molecule has 0 saturated heterocycles. The molecule has 5 heteroatoms. The summed E-state index contributed by atoms with van der Waals surface area (Å²) in [6.07, 6.45) is 0. The van der Waals surface area contributed by atoms with E-state index in [1.165, 1.54) is 0 Å². The van der Waals surface area contributed by atoms with Crippen LogP contribution in [-0.2, 0) is 16.3 Å². The van der Waals surface area contributed by atoms with Crippen molar-refractivity contribution in [3.63, 3.8) is 0 Å². The van der Waals surface area contributed by atoms with Gasteiger partial charge in [0.25, 0.3) is 6.49 Å². The summed E-state index contributed by atoms with van der Waals surface area (Å²) in [5.74, 6) is 1.47. The van der Waals surface area contributed by atoms with Gasteiger partial charge in [-0.25, -0.2) is 0 Å². The number of hydrogen-bond donors (Lipinski definition) is 0. The lowest BCUT2D eigenvalue weighted by molar-refractivity contribution is 0.339. The third kappa shape index (κ3) is 3.60. The summed E-state index contributed by atoms with van der Waals surface area (Å²) >= 11 is 5.65. The highest BCUT2D eigenvalue weighted by atomic mass is 32.5. The minimum atomic E-state index is -2.52. The van der Waals surface area contributed by atoms with Gasteiger partial charge >= 0.3 is 0 Å². The molecule has 0 amide bonds. The van der Waals surface area contributed by atoms with Crippen LogP contribution in [-0.4, -0.2) is 13.7 Å². The summed E-state index contributed by atoms with van der Waals surface area (Å²) in [7, 11) is 1.63. The molecule has 0 aromatic heterocycles. The number of hydrogen-bond acceptors (Lipinski definition) is 4. The molecule has 0 spiro atoms. The average Bonchev–Trinajstić information content (AvgIpc) is 2.49. The van der Waals surface area contributed by atoms with Gasteiger partial charge in [-0.05, 0) is 55.1 Å². The Kier molecular flexibility index (Phi) is 5.18. The zero-order chi connectivity index (χ0) is 14.4. The summed E-state index contributed by atoms with van der Waals surface area (Å²) < 4.78 is 16.9. The Morgan fingerprint density at radius 1 is 0.950 bits per heavy atom. The zero-order valence-corrected chi connectivity index (χ0v) is 13.2. The largest absolute Gasteiger partial charge is 0.497 e. The molecule has 0 aliphatic rings. The molecule has 1 atom stereocenters. The second kappa shape index (κ2) is 6.89. The van der Waals surface area contributed by atoms with Gasteiger partial charge in [-0.2, -0.15) is 0 Å². The maximum absolute atomic E-state index is 5.98. The fraction of sp³-hybridized carbons (Fsp3) is 0.200. The van der Waals surface area contributed by atoms with E-state index in [1.807, 2.05) is 61.5 Å². The fourth-order valence-electron chi connectivity index (χ4n) is 1.71. The lowest BCUT2D eigenvalue weighted by Crippen LogP contribution is -2.11. The van der Waals surface area contributed by atoms with Crippen LogP contribution in [0.3, 0.4) is 0 Å². The van der Waals surface area contributed by atoms with Gasteiger partial charge in [0.1, 0.15) is 11.5 Å². The standard InChI is InChI=1S/C15H17O3PS/c1-3-17-19(20,15-7-5-4-6-8-15)18-14-11-9-13(16-2)10-12-14/h4-12H,3H2,1-2H3. The summed E-state index contributed by atoms with van der Waals surface area (Å²) in [4.78, 5) is 0. The predicted molar refractivity (Wildman–Crippen MR) is 85.6 cm³/mol. The Balaban J connectivity index is 2.27. The third-order valence-corrected chi connectivity index (χ3v) is 5.81. The molecule has 3 nitrogen and oxygen atoms in total. The quantitative estimate of drug-likeness (QED) is 0.760. The smallest absolute Gasteiger partial charge is 0.269 e. The fourth-order valence-corrected chi connectivity index (χ4v) is 4.23. The maximum Gasteiger partial charge on any atom is 0.269 e. The van der Waals surface area contributed by atoms with Crippen molar-refractivity contribution in [2.24, 2.45) is 0 Å². The molecular formula is C15H17O3PS. The van der Waals surface area contributed by atoms with Crippen LogP contribution in [0.4, 0.5) is 0 Å². The van der Waals surface area contributed by atoms with Gasteiger partial charge in [0.05, 0.1) is 13.7 Å². The highest BCUT2D eigenvalue weighted by molar-refractivity contribution is 8.13. The van der Waals surface area contributed by atoms with E-state index >= 15 is 0 Å². The lowest BCUT2D eigenvalue weighted by atomic mass is 10.3. The zero-order valence-electron chi connectivity index (χ0n) is 11.5. The van der Waals surface area contributed by atoms with E-state index < -0.39 is 6.49 Å². The van der Waals surface area contributed by atoms with E-state index in [1.54, 1.807) is 7.11 Å². The molecule has 2 aromatic carbocycles. The van der Waals surface area contributed by atoms with Crippen molar-refractivity contribution < 1.29 is 13.8 Å². The van der Waals surface area contributed by atoms with Crippen molar-refractivity contribution in [3.8, 4) is 11.5 Å². The summed E-state index contributed by atoms with van der Waals surface area (Å²) in [6.45, 7) is -0.0904. The van der Waals surface area contributed by atoms with Crippen molar-refractivity contribution in [1.29, 1.82) is 0 Å². The minimum absolute atomic E-state index is 0.516. The second-order valence-corrected chi connectivity index (χ2v) is 7.41. The number of methoxy groups -OCH3 is 1. The van der Waals surface area contributed by atoms with Crippen molar-refractivity contribution >= 4 is 23.6 Å². The van der Waals surface area contributed by atoms with Crippen molar-refractivity contribution in [2.75, 3.05) is 13.7 Å². The van der Waals surface area contributed by atoms with Crippen LogP contribution in [0.1, 0.15) is 6.92 Å². The number of rotatable bonds is 6. The van der Waals surface area contributed by atoms with Crippen LogP contribution in [0, 0.1) is 0 Å². The number of benzene rings is 2. The van der Waals surface area contributed by atoms with Gasteiger partial charge in [-0.15, -0.1) is 0 Å². The van der Waals surface area contributed by atoms with E-state index in [4.69, 9.17) is 25.6 Å². The van der Waals surface area contributed by atoms with Crippen LogP contribution in [0.15, 0.2) is 54.6 Å². The maximum atomic E-state index is 5.98. The molecule has 0 radical (unpaired) electrons. The van der Waals surface area contributed by atoms with Gasteiger partial charge in [-0.1, -0.05) is 18.2 Å². The van der Waals surface area contributed by atoms with E-state index in [9.17, 15) is 0 Å². The molecule has 0 heterocycles. The van der Waals surface area contributed by atoms with E-state index in [0.29, 0.717) is 12.4 Å². The van der Waals surface area contributed by atoms with Crippen LogP contribution in [0.5, 0.6) is 11.5 Å². The molecule has 2 aromatic rings. The summed E-state index contributed by atoms with van der Waals surface area (Å²) in [5, 5.41) is 0.910. The minimum Gasteiger partial charge on any atom is -0.497 e. The second-order valence-electron chi connectivity index (χ2n) is 4.02. The molecule has 0 saturated carbocycles. The van der Waals surface area contributed by atoms with Gasteiger partial charge in [-0.3, -0.25) is 0 Å². The molecule has 2 rings (SSSR count). The van der Waals surface area contributed by atoms with Crippen molar-refractivity contribution in [3.05, 3.63) is 54.6 Å². The Bertz CT molecular complexity index is 584. The Hall–Kier alpha value is -1.35.